The van der Waals surface area contributed by atoms with Crippen molar-refractivity contribution in [1.82, 2.24) is 28.6 Å². The molecule has 3 aromatic heterocycles. The molecule has 1 fully saturated rings. The van der Waals surface area contributed by atoms with Crippen molar-refractivity contribution in [2.75, 3.05) is 13.1 Å². The number of fused-ring (bicyclic) bond motifs is 1. The number of aromatic carboxylic acids is 1. The van der Waals surface area contributed by atoms with E-state index in [4.69, 9.17) is 11.6 Å². The zero-order valence-electron chi connectivity index (χ0n) is 17.3. The fourth-order valence-corrected chi connectivity index (χ4v) is 4.50. The van der Waals surface area contributed by atoms with Gasteiger partial charge in [-0.05, 0) is 42.8 Å². The Bertz CT molecular complexity index is 1370. The second-order valence-electron chi connectivity index (χ2n) is 7.91. The molecule has 1 aromatic carbocycles. The molecule has 0 unspecified atom stereocenters. The summed E-state index contributed by atoms with van der Waals surface area (Å²) in [6.45, 7) is 1.93. The van der Waals surface area contributed by atoms with Gasteiger partial charge in [0.2, 0.25) is 0 Å². The minimum Gasteiger partial charge on any atom is -0.477 e. The largest absolute Gasteiger partial charge is 0.477 e. The summed E-state index contributed by atoms with van der Waals surface area (Å²) in [5.41, 5.74) is 2.14. The fraction of sp³-hybridized carbons (Fsp3) is 0.273. The third kappa shape index (κ3) is 3.39. The molecule has 1 atom stereocenters. The Balaban J connectivity index is 1.47. The van der Waals surface area contributed by atoms with Crippen molar-refractivity contribution in [3.63, 3.8) is 0 Å². The summed E-state index contributed by atoms with van der Waals surface area (Å²) in [6.07, 6.45) is 3.85. The van der Waals surface area contributed by atoms with Crippen LogP contribution in [0.25, 0.3) is 16.9 Å². The van der Waals surface area contributed by atoms with Gasteiger partial charge in [-0.15, -0.1) is 0 Å². The van der Waals surface area contributed by atoms with Crippen LogP contribution in [0.2, 0.25) is 5.02 Å². The van der Waals surface area contributed by atoms with Crippen molar-refractivity contribution in [1.29, 1.82) is 0 Å². The van der Waals surface area contributed by atoms with Gasteiger partial charge in [-0.3, -0.25) is 14.0 Å². The number of nitrogens with zero attached hydrogens (tertiary/aromatic N) is 6. The molecule has 0 saturated carbocycles. The van der Waals surface area contributed by atoms with E-state index >= 15 is 0 Å². The number of benzene rings is 1. The van der Waals surface area contributed by atoms with Gasteiger partial charge in [-0.2, -0.15) is 0 Å². The number of carbonyl (C=O) groups is 1. The molecular formula is C22H21ClN6O3. The Morgan fingerprint density at radius 2 is 2.00 bits per heavy atom. The van der Waals surface area contributed by atoms with Crippen molar-refractivity contribution in [3.05, 3.63) is 75.8 Å². The van der Waals surface area contributed by atoms with E-state index in [2.05, 4.69) is 14.9 Å². The summed E-state index contributed by atoms with van der Waals surface area (Å²) in [5.74, 6) is -0.324. The van der Waals surface area contributed by atoms with Gasteiger partial charge in [0.15, 0.2) is 5.65 Å². The van der Waals surface area contributed by atoms with Crippen LogP contribution in [0.5, 0.6) is 0 Å². The van der Waals surface area contributed by atoms with Gasteiger partial charge in [0.25, 0.3) is 0 Å². The summed E-state index contributed by atoms with van der Waals surface area (Å²) in [5, 5.41) is 9.85. The summed E-state index contributed by atoms with van der Waals surface area (Å²) in [7, 11) is 1.70. The molecule has 0 radical (unpaired) electrons. The van der Waals surface area contributed by atoms with Crippen LogP contribution in [0.15, 0.2) is 53.6 Å². The highest BCUT2D eigenvalue weighted by molar-refractivity contribution is 6.30. The maximum absolute atomic E-state index is 13.5. The van der Waals surface area contributed by atoms with Crippen LogP contribution in [-0.2, 0) is 13.6 Å². The summed E-state index contributed by atoms with van der Waals surface area (Å²) in [4.78, 5) is 35.7. The number of carboxylic acid groups (broad SMARTS) is 1. The van der Waals surface area contributed by atoms with Crippen LogP contribution < -0.4 is 5.69 Å². The Hall–Kier alpha value is -3.43. The van der Waals surface area contributed by atoms with Gasteiger partial charge >= 0.3 is 11.7 Å². The first kappa shape index (κ1) is 20.5. The molecule has 0 spiro atoms. The molecule has 0 bridgehead atoms. The Morgan fingerprint density at radius 1 is 1.22 bits per heavy atom. The molecule has 4 heterocycles. The topological polar surface area (TPSA) is 98.2 Å². The average molecular weight is 453 g/mol. The monoisotopic (exact) mass is 452 g/mol. The Morgan fingerprint density at radius 3 is 2.72 bits per heavy atom. The van der Waals surface area contributed by atoms with Gasteiger partial charge in [0, 0.05) is 31.4 Å². The van der Waals surface area contributed by atoms with E-state index < -0.39 is 5.97 Å². The molecule has 10 heteroatoms. The SMILES string of the molecule is Cn1c(C(=O)O)cnc1CN1CC[C@H](n2c(=O)n(-c3ccc(Cl)cc3)c3cccnc32)C1. The second-order valence-corrected chi connectivity index (χ2v) is 8.35. The van der Waals surface area contributed by atoms with E-state index in [0.29, 0.717) is 29.6 Å². The van der Waals surface area contributed by atoms with E-state index in [1.54, 1.807) is 39.1 Å². The molecular weight excluding hydrogens is 432 g/mol. The molecule has 0 amide bonds. The number of hydrogen-bond acceptors (Lipinski definition) is 5. The van der Waals surface area contributed by atoms with Crippen molar-refractivity contribution in [3.8, 4) is 5.69 Å². The highest BCUT2D eigenvalue weighted by atomic mass is 35.5. The summed E-state index contributed by atoms with van der Waals surface area (Å²) in [6, 6.07) is 10.8. The van der Waals surface area contributed by atoms with E-state index in [0.717, 1.165) is 24.2 Å². The highest BCUT2D eigenvalue weighted by Crippen LogP contribution is 2.26. The van der Waals surface area contributed by atoms with Crippen LogP contribution in [0.1, 0.15) is 28.8 Å². The molecule has 1 N–H and O–H groups in total. The smallest absolute Gasteiger partial charge is 0.354 e. The van der Waals surface area contributed by atoms with Crippen molar-refractivity contribution in [2.24, 2.45) is 7.05 Å². The standard InChI is InChI=1S/C22H21ClN6O3/c1-26-18(21(30)31)11-25-19(26)13-27-10-8-16(12-27)29-20-17(3-2-9-24-20)28(22(29)32)15-6-4-14(23)5-7-15/h2-7,9,11,16H,8,10,12-13H2,1H3,(H,30,31)/t16-/m0/s1. The number of pyridine rings is 1. The van der Waals surface area contributed by atoms with Crippen molar-refractivity contribution in [2.45, 2.75) is 19.0 Å². The van der Waals surface area contributed by atoms with Crippen LogP contribution in [0, 0.1) is 0 Å². The molecule has 5 rings (SSSR count). The van der Waals surface area contributed by atoms with E-state index in [9.17, 15) is 14.7 Å². The molecule has 1 aliphatic heterocycles. The van der Waals surface area contributed by atoms with Crippen LogP contribution in [0.3, 0.4) is 0 Å². The van der Waals surface area contributed by atoms with E-state index in [1.807, 2.05) is 24.3 Å². The maximum atomic E-state index is 13.5. The first-order valence-electron chi connectivity index (χ1n) is 10.2. The van der Waals surface area contributed by atoms with Gasteiger partial charge < -0.3 is 9.67 Å². The number of likely N-dealkylation sites (tertiary alicyclic amines) is 1. The summed E-state index contributed by atoms with van der Waals surface area (Å²) >= 11 is 6.03. The van der Waals surface area contributed by atoms with Crippen molar-refractivity contribution < 1.29 is 9.90 Å². The van der Waals surface area contributed by atoms with Gasteiger partial charge in [-0.1, -0.05) is 11.6 Å². The Kier molecular flexibility index (Phi) is 5.07. The van der Waals surface area contributed by atoms with Gasteiger partial charge in [0.05, 0.1) is 30.0 Å². The average Bonchev–Trinajstić information content (AvgIpc) is 3.45. The fourth-order valence-electron chi connectivity index (χ4n) is 4.38. The number of imidazole rings is 2. The molecule has 0 aliphatic carbocycles. The number of halogens is 1. The maximum Gasteiger partial charge on any atom is 0.354 e. The number of rotatable bonds is 5. The lowest BCUT2D eigenvalue weighted by Gasteiger charge is -2.16. The third-order valence-corrected chi connectivity index (χ3v) is 6.25. The zero-order valence-corrected chi connectivity index (χ0v) is 18.1. The predicted octanol–water partition coefficient (Wildman–Crippen LogP) is 2.72. The number of carboxylic acids is 1. The molecule has 4 aromatic rings. The molecule has 164 valence electrons. The van der Waals surface area contributed by atoms with E-state index in [1.165, 1.54) is 6.20 Å². The van der Waals surface area contributed by atoms with Crippen LogP contribution >= 0.6 is 11.6 Å². The molecule has 1 aliphatic rings. The normalized spacial score (nSPS) is 16.8. The second kappa shape index (κ2) is 7.92. The lowest BCUT2D eigenvalue weighted by atomic mass is 10.2. The lowest BCUT2D eigenvalue weighted by molar-refractivity contribution is 0.0686. The van der Waals surface area contributed by atoms with Crippen LogP contribution in [0.4, 0.5) is 0 Å². The lowest BCUT2D eigenvalue weighted by Crippen LogP contribution is -2.29. The summed E-state index contributed by atoms with van der Waals surface area (Å²) < 4.78 is 5.03. The highest BCUT2D eigenvalue weighted by Gasteiger charge is 2.29. The first-order chi connectivity index (χ1) is 15.4. The van der Waals surface area contributed by atoms with E-state index in [-0.39, 0.29) is 17.4 Å². The quantitative estimate of drug-likeness (QED) is 0.500. The Labute approximate surface area is 188 Å². The number of aromatic nitrogens is 5. The molecule has 1 saturated heterocycles. The first-order valence-corrected chi connectivity index (χ1v) is 10.6. The predicted molar refractivity (Wildman–Crippen MR) is 119 cm³/mol. The minimum absolute atomic E-state index is 0.0485. The van der Waals surface area contributed by atoms with Crippen molar-refractivity contribution >= 4 is 28.7 Å². The van der Waals surface area contributed by atoms with Crippen LogP contribution in [-0.4, -0.2) is 52.7 Å². The molecule has 9 nitrogen and oxygen atoms in total. The zero-order chi connectivity index (χ0) is 22.4. The van der Waals surface area contributed by atoms with Gasteiger partial charge in [-0.25, -0.2) is 19.6 Å². The number of hydrogen-bond donors (Lipinski definition) is 1. The van der Waals surface area contributed by atoms with Gasteiger partial charge in [0.1, 0.15) is 11.5 Å². The third-order valence-electron chi connectivity index (χ3n) is 6.00. The molecule has 32 heavy (non-hydrogen) atoms. The minimum atomic E-state index is -1.00.